The minimum atomic E-state index is -0.784. The van der Waals surface area contributed by atoms with Crippen LogP contribution in [0.2, 0.25) is 0 Å². The second-order valence-corrected chi connectivity index (χ2v) is 11.3. The lowest BCUT2D eigenvalue weighted by atomic mass is 9.97. The summed E-state index contributed by atoms with van der Waals surface area (Å²) in [5.74, 6) is 0.676. The molecule has 6 rings (SSSR count). The Bertz CT molecular complexity index is 1540. The number of benzene rings is 5. The number of rotatable bonds is 15. The molecule has 236 valence electrons. The topological polar surface area (TPSA) is 55.4 Å². The van der Waals surface area contributed by atoms with Crippen LogP contribution in [-0.4, -0.2) is 37.3 Å². The molecular weight excluding hydrogens is 576 g/mol. The molecule has 6 heteroatoms. The second-order valence-electron chi connectivity index (χ2n) is 11.3. The maximum absolute atomic E-state index is 6.77. The van der Waals surface area contributed by atoms with Crippen molar-refractivity contribution in [1.29, 1.82) is 0 Å². The average molecular weight is 617 g/mol. The van der Waals surface area contributed by atoms with Crippen molar-refractivity contribution in [3.05, 3.63) is 174 Å². The predicted octanol–water partition coefficient (Wildman–Crippen LogP) is 7.76. The third kappa shape index (κ3) is 9.13. The summed E-state index contributed by atoms with van der Waals surface area (Å²) in [6.45, 7) is 1.83. The molecule has 1 aliphatic rings. The SMILES string of the molecule is c1ccc(COC[C@H]2O[C@@H](Oc3ccccc3)[C@H](OCc3ccccc3)[C@@H](OCc3ccccc3)[C@@H]2OCc2ccccc2)cc1. The van der Waals surface area contributed by atoms with Crippen molar-refractivity contribution in [3.8, 4) is 5.75 Å². The van der Waals surface area contributed by atoms with Crippen molar-refractivity contribution < 1.29 is 28.4 Å². The summed E-state index contributed by atoms with van der Waals surface area (Å²) in [4.78, 5) is 0. The van der Waals surface area contributed by atoms with Gasteiger partial charge in [0.15, 0.2) is 0 Å². The maximum Gasteiger partial charge on any atom is 0.229 e. The molecule has 0 unspecified atom stereocenters. The predicted molar refractivity (Wildman–Crippen MR) is 177 cm³/mol. The van der Waals surface area contributed by atoms with Gasteiger partial charge in [-0.15, -0.1) is 0 Å². The minimum Gasteiger partial charge on any atom is -0.462 e. The van der Waals surface area contributed by atoms with Crippen molar-refractivity contribution in [3.63, 3.8) is 0 Å². The van der Waals surface area contributed by atoms with E-state index in [1.54, 1.807) is 0 Å². The van der Waals surface area contributed by atoms with E-state index in [-0.39, 0.29) is 6.61 Å². The Balaban J connectivity index is 1.31. The summed E-state index contributed by atoms with van der Waals surface area (Å²) in [5, 5.41) is 0. The Morgan fingerprint density at radius 1 is 0.413 bits per heavy atom. The zero-order valence-corrected chi connectivity index (χ0v) is 25.8. The highest BCUT2D eigenvalue weighted by Gasteiger charge is 2.49. The first-order chi connectivity index (χ1) is 22.8. The smallest absolute Gasteiger partial charge is 0.229 e. The summed E-state index contributed by atoms with van der Waals surface area (Å²) in [6, 6.07) is 50.1. The van der Waals surface area contributed by atoms with E-state index in [1.807, 2.05) is 127 Å². The van der Waals surface area contributed by atoms with Crippen molar-refractivity contribution in [1.82, 2.24) is 0 Å². The lowest BCUT2D eigenvalue weighted by Gasteiger charge is -2.45. The molecule has 5 aromatic rings. The van der Waals surface area contributed by atoms with Crippen LogP contribution in [0.1, 0.15) is 22.3 Å². The Morgan fingerprint density at radius 2 is 0.804 bits per heavy atom. The zero-order chi connectivity index (χ0) is 31.2. The van der Waals surface area contributed by atoms with Crippen LogP contribution >= 0.6 is 0 Å². The quantitative estimate of drug-likeness (QED) is 0.120. The van der Waals surface area contributed by atoms with Crippen LogP contribution in [0, 0.1) is 0 Å². The van der Waals surface area contributed by atoms with Gasteiger partial charge in [0, 0.05) is 0 Å². The van der Waals surface area contributed by atoms with E-state index < -0.39 is 30.7 Å². The van der Waals surface area contributed by atoms with Crippen molar-refractivity contribution in [2.24, 2.45) is 0 Å². The van der Waals surface area contributed by atoms with Crippen LogP contribution in [0.25, 0.3) is 0 Å². The molecule has 46 heavy (non-hydrogen) atoms. The van der Waals surface area contributed by atoms with Gasteiger partial charge in [-0.1, -0.05) is 140 Å². The molecule has 0 spiro atoms. The van der Waals surface area contributed by atoms with Crippen LogP contribution in [0.4, 0.5) is 0 Å². The van der Waals surface area contributed by atoms with Gasteiger partial charge in [0.05, 0.1) is 33.0 Å². The number of hydrogen-bond acceptors (Lipinski definition) is 6. The highest BCUT2D eigenvalue weighted by atomic mass is 16.7. The summed E-state index contributed by atoms with van der Waals surface area (Å²) >= 11 is 0. The summed E-state index contributed by atoms with van der Waals surface area (Å²) in [6.07, 6.45) is -2.96. The van der Waals surface area contributed by atoms with E-state index in [0.717, 1.165) is 22.3 Å². The molecule has 5 atom stereocenters. The Kier molecular flexibility index (Phi) is 11.6. The fourth-order valence-electron chi connectivity index (χ4n) is 5.48. The lowest BCUT2D eigenvalue weighted by Crippen LogP contribution is -2.62. The molecule has 1 saturated heterocycles. The summed E-state index contributed by atoms with van der Waals surface area (Å²) in [7, 11) is 0. The fourth-order valence-corrected chi connectivity index (χ4v) is 5.48. The first kappa shape index (κ1) is 31.7. The normalized spacial score (nSPS) is 21.1. The van der Waals surface area contributed by atoms with E-state index in [0.29, 0.717) is 32.2 Å². The molecule has 0 bridgehead atoms. The van der Waals surface area contributed by atoms with Crippen molar-refractivity contribution >= 4 is 0 Å². The first-order valence-electron chi connectivity index (χ1n) is 15.8. The van der Waals surface area contributed by atoms with Crippen LogP contribution in [0.3, 0.4) is 0 Å². The third-order valence-electron chi connectivity index (χ3n) is 7.84. The van der Waals surface area contributed by atoms with Gasteiger partial charge >= 0.3 is 0 Å². The molecule has 1 fully saturated rings. The molecule has 0 aromatic heterocycles. The average Bonchev–Trinajstić information content (AvgIpc) is 3.12. The molecule has 0 amide bonds. The van der Waals surface area contributed by atoms with Crippen LogP contribution in [0.15, 0.2) is 152 Å². The largest absolute Gasteiger partial charge is 0.462 e. The van der Waals surface area contributed by atoms with Gasteiger partial charge < -0.3 is 28.4 Å². The molecular formula is C40H40O6. The lowest BCUT2D eigenvalue weighted by molar-refractivity contribution is -0.310. The number of ether oxygens (including phenoxy) is 6. The molecule has 0 aliphatic carbocycles. The summed E-state index contributed by atoms with van der Waals surface area (Å²) < 4.78 is 39.6. The molecule has 6 nitrogen and oxygen atoms in total. The zero-order valence-electron chi connectivity index (χ0n) is 25.8. The van der Waals surface area contributed by atoms with Crippen LogP contribution in [0.5, 0.6) is 5.75 Å². The molecule has 1 heterocycles. The summed E-state index contributed by atoms with van der Waals surface area (Å²) in [5.41, 5.74) is 4.23. The van der Waals surface area contributed by atoms with E-state index in [9.17, 15) is 0 Å². The van der Waals surface area contributed by atoms with Gasteiger partial charge in [-0.2, -0.15) is 0 Å². The van der Waals surface area contributed by atoms with Crippen LogP contribution in [-0.2, 0) is 50.1 Å². The van der Waals surface area contributed by atoms with Crippen LogP contribution < -0.4 is 4.74 Å². The fraction of sp³-hybridized carbons (Fsp3) is 0.250. The first-order valence-corrected chi connectivity index (χ1v) is 15.8. The van der Waals surface area contributed by atoms with Gasteiger partial charge in [0.1, 0.15) is 30.2 Å². The molecule has 0 saturated carbocycles. The minimum absolute atomic E-state index is 0.277. The van der Waals surface area contributed by atoms with E-state index in [4.69, 9.17) is 28.4 Å². The molecule has 0 N–H and O–H groups in total. The monoisotopic (exact) mass is 616 g/mol. The Hall–Kier alpha value is -4.30. The van der Waals surface area contributed by atoms with Gasteiger partial charge in [0.2, 0.25) is 6.29 Å². The number of para-hydroxylation sites is 1. The number of hydrogen-bond donors (Lipinski definition) is 0. The molecule has 0 radical (unpaired) electrons. The van der Waals surface area contributed by atoms with Crippen molar-refractivity contribution in [2.45, 2.75) is 57.1 Å². The van der Waals surface area contributed by atoms with E-state index in [2.05, 4.69) is 24.3 Å². The third-order valence-corrected chi connectivity index (χ3v) is 7.84. The molecule has 1 aliphatic heterocycles. The standard InChI is InChI=1S/C40H40O6/c1-6-16-31(17-7-1)26-41-30-36-37(42-27-32-18-8-2-9-19-32)38(43-28-33-20-10-3-11-21-33)39(44-29-34-22-12-4-13-23-34)40(46-36)45-35-24-14-5-15-25-35/h1-25,36-40H,26-30H2/t36-,37-,38+,39-,40-/m1/s1. The van der Waals surface area contributed by atoms with Gasteiger partial charge in [0.25, 0.3) is 0 Å². The van der Waals surface area contributed by atoms with E-state index >= 15 is 0 Å². The second kappa shape index (κ2) is 16.9. The van der Waals surface area contributed by atoms with Gasteiger partial charge in [-0.25, -0.2) is 0 Å². The van der Waals surface area contributed by atoms with Gasteiger partial charge in [-0.05, 0) is 34.4 Å². The van der Waals surface area contributed by atoms with E-state index in [1.165, 1.54) is 0 Å². The molecule has 5 aromatic carbocycles. The highest BCUT2D eigenvalue weighted by molar-refractivity contribution is 5.22. The highest BCUT2D eigenvalue weighted by Crippen LogP contribution is 2.32. The Morgan fingerprint density at radius 3 is 1.28 bits per heavy atom. The van der Waals surface area contributed by atoms with Gasteiger partial charge in [-0.3, -0.25) is 0 Å². The van der Waals surface area contributed by atoms with Crippen molar-refractivity contribution in [2.75, 3.05) is 6.61 Å². The Labute approximate surface area is 271 Å². The maximum atomic E-state index is 6.77.